The number of carbonyl (C=O) groups is 2. The van der Waals surface area contributed by atoms with Crippen LogP contribution in [-0.4, -0.2) is 55.6 Å². The number of carbonyl (C=O) groups excluding carboxylic acids is 2. The van der Waals surface area contributed by atoms with Gasteiger partial charge in [0.05, 0.1) is 5.41 Å². The largest absolute Gasteiger partial charge is 0.381 e. The Balaban J connectivity index is 1.95. The highest BCUT2D eigenvalue weighted by Crippen LogP contribution is 2.32. The van der Waals surface area contributed by atoms with Gasteiger partial charge in [0.1, 0.15) is 0 Å². The van der Waals surface area contributed by atoms with E-state index in [1.165, 1.54) is 0 Å². The van der Waals surface area contributed by atoms with Crippen molar-refractivity contribution in [3.63, 3.8) is 0 Å². The standard InChI is InChI=1S/C16H29N3O3/c1-2-4-14(20)18-13-5-3-8-19(11-13)15(21)16(12-17)6-9-22-10-7-16/h13H,2-12,17H2,1H3,(H,18,20). The normalized spacial score (nSPS) is 24.8. The molecule has 0 saturated carbocycles. The first-order valence-corrected chi connectivity index (χ1v) is 8.48. The van der Waals surface area contributed by atoms with Crippen LogP contribution in [0.2, 0.25) is 0 Å². The maximum atomic E-state index is 12.9. The smallest absolute Gasteiger partial charge is 0.230 e. The van der Waals surface area contributed by atoms with E-state index in [9.17, 15) is 9.59 Å². The number of likely N-dealkylation sites (tertiary alicyclic amines) is 1. The molecule has 0 aromatic rings. The summed E-state index contributed by atoms with van der Waals surface area (Å²) in [4.78, 5) is 26.6. The highest BCUT2D eigenvalue weighted by atomic mass is 16.5. The maximum absolute atomic E-state index is 12.9. The molecule has 0 radical (unpaired) electrons. The van der Waals surface area contributed by atoms with E-state index in [4.69, 9.17) is 10.5 Å². The van der Waals surface area contributed by atoms with Gasteiger partial charge in [0, 0.05) is 45.3 Å². The third kappa shape index (κ3) is 3.98. The van der Waals surface area contributed by atoms with Gasteiger partial charge in [0.15, 0.2) is 0 Å². The van der Waals surface area contributed by atoms with Crippen molar-refractivity contribution in [3.05, 3.63) is 0 Å². The van der Waals surface area contributed by atoms with E-state index < -0.39 is 5.41 Å². The van der Waals surface area contributed by atoms with Crippen LogP contribution in [0.1, 0.15) is 45.4 Å². The second-order valence-electron chi connectivity index (χ2n) is 6.50. The second-order valence-corrected chi connectivity index (χ2v) is 6.50. The summed E-state index contributed by atoms with van der Waals surface area (Å²) in [5.41, 5.74) is 5.46. The van der Waals surface area contributed by atoms with E-state index in [-0.39, 0.29) is 17.9 Å². The molecule has 126 valence electrons. The van der Waals surface area contributed by atoms with E-state index in [1.807, 2.05) is 11.8 Å². The molecule has 2 aliphatic rings. The summed E-state index contributed by atoms with van der Waals surface area (Å²) in [5.74, 6) is 0.231. The van der Waals surface area contributed by atoms with Gasteiger partial charge >= 0.3 is 0 Å². The minimum atomic E-state index is -0.465. The van der Waals surface area contributed by atoms with Gasteiger partial charge in [-0.1, -0.05) is 6.92 Å². The highest BCUT2D eigenvalue weighted by molar-refractivity contribution is 5.83. The number of ether oxygens (including phenoxy) is 1. The van der Waals surface area contributed by atoms with Crippen LogP contribution in [0.5, 0.6) is 0 Å². The quantitative estimate of drug-likeness (QED) is 0.781. The van der Waals surface area contributed by atoms with E-state index in [2.05, 4.69) is 5.32 Å². The molecule has 2 amide bonds. The molecule has 2 heterocycles. The molecule has 2 fully saturated rings. The summed E-state index contributed by atoms with van der Waals surface area (Å²) in [6, 6.07) is 0.0754. The predicted molar refractivity (Wildman–Crippen MR) is 84.2 cm³/mol. The first-order chi connectivity index (χ1) is 10.6. The zero-order chi connectivity index (χ0) is 16.0. The fourth-order valence-corrected chi connectivity index (χ4v) is 3.41. The van der Waals surface area contributed by atoms with E-state index in [0.29, 0.717) is 45.6 Å². The molecule has 22 heavy (non-hydrogen) atoms. The van der Waals surface area contributed by atoms with Gasteiger partial charge in [-0.15, -0.1) is 0 Å². The Kier molecular flexibility index (Phi) is 6.20. The number of nitrogens with two attached hydrogens (primary N) is 1. The number of rotatable bonds is 5. The molecule has 2 rings (SSSR count). The lowest BCUT2D eigenvalue weighted by Crippen LogP contribution is -2.56. The summed E-state index contributed by atoms with van der Waals surface area (Å²) in [6.45, 7) is 4.95. The molecule has 0 bridgehead atoms. The summed E-state index contributed by atoms with van der Waals surface area (Å²) in [7, 11) is 0. The van der Waals surface area contributed by atoms with Crippen molar-refractivity contribution in [1.82, 2.24) is 10.2 Å². The Labute approximate surface area is 132 Å². The average molecular weight is 311 g/mol. The topological polar surface area (TPSA) is 84.7 Å². The van der Waals surface area contributed by atoms with Crippen molar-refractivity contribution in [2.75, 3.05) is 32.8 Å². The van der Waals surface area contributed by atoms with Gasteiger partial charge in [0.2, 0.25) is 11.8 Å². The molecule has 1 unspecified atom stereocenters. The van der Waals surface area contributed by atoms with Crippen molar-refractivity contribution >= 4 is 11.8 Å². The Morgan fingerprint density at radius 1 is 1.36 bits per heavy atom. The number of nitrogens with zero attached hydrogens (tertiary/aromatic N) is 1. The molecule has 6 heteroatoms. The molecular formula is C16H29N3O3. The molecule has 0 spiro atoms. The Morgan fingerprint density at radius 2 is 2.09 bits per heavy atom. The highest BCUT2D eigenvalue weighted by Gasteiger charge is 2.42. The van der Waals surface area contributed by atoms with Crippen LogP contribution in [-0.2, 0) is 14.3 Å². The van der Waals surface area contributed by atoms with Gasteiger partial charge in [-0.25, -0.2) is 0 Å². The van der Waals surface area contributed by atoms with Crippen LogP contribution in [0.25, 0.3) is 0 Å². The van der Waals surface area contributed by atoms with E-state index in [0.717, 1.165) is 25.8 Å². The molecule has 3 N–H and O–H groups in total. The fraction of sp³-hybridized carbons (Fsp3) is 0.875. The molecule has 0 aliphatic carbocycles. The predicted octanol–water partition coefficient (Wildman–Crippen LogP) is 0.649. The third-order valence-electron chi connectivity index (χ3n) is 4.85. The number of nitrogens with one attached hydrogen (secondary N) is 1. The van der Waals surface area contributed by atoms with Crippen molar-refractivity contribution < 1.29 is 14.3 Å². The lowest BCUT2D eigenvalue weighted by molar-refractivity contribution is -0.149. The minimum Gasteiger partial charge on any atom is -0.381 e. The van der Waals surface area contributed by atoms with E-state index in [1.54, 1.807) is 0 Å². The number of hydrogen-bond donors (Lipinski definition) is 2. The van der Waals surface area contributed by atoms with Crippen LogP contribution in [0.3, 0.4) is 0 Å². The van der Waals surface area contributed by atoms with Crippen LogP contribution in [0.4, 0.5) is 0 Å². The van der Waals surface area contributed by atoms with Crippen molar-refractivity contribution in [3.8, 4) is 0 Å². The van der Waals surface area contributed by atoms with Crippen LogP contribution < -0.4 is 11.1 Å². The molecule has 2 saturated heterocycles. The molecule has 0 aromatic carbocycles. The van der Waals surface area contributed by atoms with Crippen LogP contribution in [0.15, 0.2) is 0 Å². The average Bonchev–Trinajstić information content (AvgIpc) is 2.55. The van der Waals surface area contributed by atoms with Crippen molar-refractivity contribution in [1.29, 1.82) is 0 Å². The fourth-order valence-electron chi connectivity index (χ4n) is 3.41. The Hall–Kier alpha value is -1.14. The Bertz CT molecular complexity index is 394. The van der Waals surface area contributed by atoms with Gasteiger partial charge in [0.25, 0.3) is 0 Å². The number of piperidine rings is 1. The maximum Gasteiger partial charge on any atom is 0.230 e. The van der Waals surface area contributed by atoms with Crippen molar-refractivity contribution in [2.45, 2.75) is 51.5 Å². The van der Waals surface area contributed by atoms with Crippen LogP contribution in [0, 0.1) is 5.41 Å². The molecular weight excluding hydrogens is 282 g/mol. The summed E-state index contributed by atoms with van der Waals surface area (Å²) >= 11 is 0. The molecule has 0 aromatic heterocycles. The van der Waals surface area contributed by atoms with Crippen molar-refractivity contribution in [2.24, 2.45) is 11.1 Å². The zero-order valence-corrected chi connectivity index (χ0v) is 13.6. The van der Waals surface area contributed by atoms with Crippen LogP contribution >= 0.6 is 0 Å². The van der Waals surface area contributed by atoms with E-state index >= 15 is 0 Å². The first-order valence-electron chi connectivity index (χ1n) is 8.48. The van der Waals surface area contributed by atoms with Gasteiger partial charge in [-0.2, -0.15) is 0 Å². The molecule has 1 atom stereocenters. The SMILES string of the molecule is CCCC(=O)NC1CCCN(C(=O)C2(CN)CCOCC2)C1. The molecule has 6 nitrogen and oxygen atoms in total. The number of amides is 2. The summed E-state index contributed by atoms with van der Waals surface area (Å²) in [5, 5.41) is 3.05. The Morgan fingerprint density at radius 3 is 2.73 bits per heavy atom. The summed E-state index contributed by atoms with van der Waals surface area (Å²) in [6.07, 6.45) is 4.67. The molecule has 2 aliphatic heterocycles. The second kappa shape index (κ2) is 7.92. The zero-order valence-electron chi connectivity index (χ0n) is 13.6. The lowest BCUT2D eigenvalue weighted by Gasteiger charge is -2.42. The van der Waals surface area contributed by atoms with Gasteiger partial charge in [-0.05, 0) is 32.1 Å². The lowest BCUT2D eigenvalue weighted by atomic mass is 9.78. The van der Waals surface area contributed by atoms with Gasteiger partial charge < -0.3 is 20.7 Å². The monoisotopic (exact) mass is 311 g/mol. The first kappa shape index (κ1) is 17.2. The minimum absolute atomic E-state index is 0.0754. The third-order valence-corrected chi connectivity index (χ3v) is 4.85. The summed E-state index contributed by atoms with van der Waals surface area (Å²) < 4.78 is 5.38. The van der Waals surface area contributed by atoms with Gasteiger partial charge in [-0.3, -0.25) is 9.59 Å². The number of hydrogen-bond acceptors (Lipinski definition) is 4.